The van der Waals surface area contributed by atoms with E-state index in [1.807, 2.05) is 11.3 Å². The highest BCUT2D eigenvalue weighted by Gasteiger charge is 2.48. The summed E-state index contributed by atoms with van der Waals surface area (Å²) in [5.74, 6) is 0. The molecule has 1 aromatic heterocycles. The number of anilines is 6. The molecule has 0 saturated carbocycles. The Morgan fingerprint density at radius 3 is 1.65 bits per heavy atom. The van der Waals surface area contributed by atoms with Crippen molar-refractivity contribution in [2.45, 2.75) is 169 Å². The van der Waals surface area contributed by atoms with Gasteiger partial charge >= 0.3 is 0 Å². The predicted molar refractivity (Wildman–Crippen MR) is 273 cm³/mol. The second-order valence-corrected chi connectivity index (χ2v) is 25.7. The van der Waals surface area contributed by atoms with E-state index in [1.165, 1.54) is 130 Å². The number of rotatable bonds is 2. The highest BCUT2D eigenvalue weighted by atomic mass is 32.1. The molecule has 3 heterocycles. The lowest BCUT2D eigenvalue weighted by Crippen LogP contribution is -2.61. The molecule has 0 fully saturated rings. The van der Waals surface area contributed by atoms with Gasteiger partial charge in [0.25, 0.3) is 6.71 Å². The van der Waals surface area contributed by atoms with E-state index in [0.717, 1.165) is 0 Å². The van der Waals surface area contributed by atoms with Gasteiger partial charge in [-0.05, 0) is 176 Å². The van der Waals surface area contributed by atoms with Crippen LogP contribution in [0, 0.1) is 13.8 Å². The van der Waals surface area contributed by atoms with Crippen LogP contribution in [0.25, 0.3) is 10.1 Å². The summed E-state index contributed by atoms with van der Waals surface area (Å²) >= 11 is 2.03. The van der Waals surface area contributed by atoms with E-state index in [4.69, 9.17) is 0 Å². The maximum Gasteiger partial charge on any atom is 0.264 e. The molecule has 0 spiro atoms. The van der Waals surface area contributed by atoms with Gasteiger partial charge in [0.1, 0.15) is 0 Å². The second kappa shape index (κ2) is 13.2. The minimum atomic E-state index is 0.0302. The first-order chi connectivity index (χ1) is 28.8. The van der Waals surface area contributed by atoms with Crippen LogP contribution >= 0.6 is 11.3 Å². The highest BCUT2D eigenvalue weighted by Crippen LogP contribution is 2.54. The number of hydrogen-bond acceptors (Lipinski definition) is 3. The fourth-order valence-corrected chi connectivity index (χ4v) is 13.1. The lowest BCUT2D eigenvalue weighted by Gasteiger charge is -2.47. The van der Waals surface area contributed by atoms with E-state index in [9.17, 15) is 0 Å². The van der Waals surface area contributed by atoms with Crippen molar-refractivity contribution in [2.75, 3.05) is 9.80 Å². The molecule has 10 rings (SSSR count). The van der Waals surface area contributed by atoms with E-state index >= 15 is 0 Å². The van der Waals surface area contributed by atoms with Gasteiger partial charge in [0.15, 0.2) is 0 Å². The average molecular weight is 837 g/mol. The topological polar surface area (TPSA) is 6.48 Å². The van der Waals surface area contributed by atoms with Crippen LogP contribution in [0.15, 0.2) is 78.9 Å². The van der Waals surface area contributed by atoms with Gasteiger partial charge in [-0.25, -0.2) is 0 Å². The summed E-state index contributed by atoms with van der Waals surface area (Å²) in [5.41, 5.74) is 22.7. The summed E-state index contributed by atoms with van der Waals surface area (Å²) in [6.45, 7) is 38.6. The van der Waals surface area contributed by atoms with Crippen molar-refractivity contribution in [2.24, 2.45) is 0 Å². The summed E-state index contributed by atoms with van der Waals surface area (Å²) in [5, 5.41) is 1.37. The van der Waals surface area contributed by atoms with E-state index in [1.54, 1.807) is 0 Å². The molecule has 0 unspecified atom stereocenters. The Morgan fingerprint density at radius 2 is 1.05 bits per heavy atom. The van der Waals surface area contributed by atoms with Gasteiger partial charge in [-0.15, -0.1) is 11.3 Å². The van der Waals surface area contributed by atoms with E-state index in [0.29, 0.717) is 0 Å². The summed E-state index contributed by atoms with van der Waals surface area (Å²) < 4.78 is 2.83. The minimum Gasteiger partial charge on any atom is -0.311 e. The van der Waals surface area contributed by atoms with Crippen LogP contribution in [0.5, 0.6) is 0 Å². The minimum absolute atomic E-state index is 0.0302. The Balaban J connectivity index is 1.34. The molecule has 2 aliphatic heterocycles. The largest absolute Gasteiger partial charge is 0.311 e. The molecular weight excluding hydrogens is 768 g/mol. The van der Waals surface area contributed by atoms with Crippen molar-refractivity contribution in [1.82, 2.24) is 0 Å². The van der Waals surface area contributed by atoms with Gasteiger partial charge in [-0.1, -0.05) is 127 Å². The molecule has 0 bridgehead atoms. The molecular formula is C58H69BN2S. The number of nitrogens with zero attached hydrogens (tertiary/aromatic N) is 2. The lowest BCUT2D eigenvalue weighted by atomic mass is 9.35. The molecule has 5 aromatic carbocycles. The molecule has 0 radical (unpaired) electrons. The fraction of sp³-hybridized carbons (Fsp3) is 0.448. The van der Waals surface area contributed by atoms with Crippen LogP contribution in [0.3, 0.4) is 0 Å². The quantitative estimate of drug-likeness (QED) is 0.160. The molecule has 6 aromatic rings. The van der Waals surface area contributed by atoms with Crippen molar-refractivity contribution in [3.63, 3.8) is 0 Å². The maximum atomic E-state index is 2.71. The van der Waals surface area contributed by atoms with Gasteiger partial charge in [0, 0.05) is 43.3 Å². The van der Waals surface area contributed by atoms with Crippen molar-refractivity contribution >= 4 is 78.0 Å². The number of hydrogen-bond donors (Lipinski definition) is 0. The van der Waals surface area contributed by atoms with E-state index < -0.39 is 0 Å². The van der Waals surface area contributed by atoms with Gasteiger partial charge < -0.3 is 9.80 Å². The molecule has 2 aliphatic carbocycles. The predicted octanol–water partition coefficient (Wildman–Crippen LogP) is 14.9. The molecule has 0 atom stereocenters. The van der Waals surface area contributed by atoms with Crippen LogP contribution in [0.2, 0.25) is 0 Å². The first-order valence-corrected chi connectivity index (χ1v) is 24.4. The zero-order valence-corrected chi connectivity index (χ0v) is 41.5. The monoisotopic (exact) mass is 837 g/mol. The molecule has 0 amide bonds. The van der Waals surface area contributed by atoms with Crippen molar-refractivity contribution in [3.8, 4) is 0 Å². The van der Waals surface area contributed by atoms with Gasteiger partial charge in [-0.3, -0.25) is 0 Å². The molecule has 4 heteroatoms. The number of benzene rings is 5. The van der Waals surface area contributed by atoms with Crippen LogP contribution in [-0.2, 0) is 32.5 Å². The van der Waals surface area contributed by atoms with Crippen LogP contribution in [0.1, 0.15) is 167 Å². The van der Waals surface area contributed by atoms with E-state index in [-0.39, 0.29) is 39.2 Å². The summed E-state index contributed by atoms with van der Waals surface area (Å²) in [6.07, 6.45) is 4.79. The fourth-order valence-electron chi connectivity index (χ4n) is 11.8. The molecule has 4 aliphatic rings. The molecule has 2 nitrogen and oxygen atoms in total. The Morgan fingerprint density at radius 1 is 0.516 bits per heavy atom. The third-order valence-electron chi connectivity index (χ3n) is 16.0. The first kappa shape index (κ1) is 41.7. The van der Waals surface area contributed by atoms with Crippen LogP contribution < -0.4 is 25.5 Å². The first-order valence-electron chi connectivity index (χ1n) is 23.6. The average Bonchev–Trinajstić information content (AvgIpc) is 3.56. The summed E-state index contributed by atoms with van der Waals surface area (Å²) in [7, 11) is 0. The van der Waals surface area contributed by atoms with Crippen molar-refractivity contribution < 1.29 is 0 Å². The SMILES string of the molecule is Cc1cc2c3c(c1)N(c1ccc(C(C)(C)C)cc1C)c1c(sc4ccc(C(C)(C)C)cc14)B3c1cc3c(cc1N2c1ccc2c(c1)C(C)(C)CCC2(C)C)C(C)(C)CCC3(C)C. The molecule has 0 N–H and O–H groups in total. The third-order valence-corrected chi connectivity index (χ3v) is 17.3. The molecule has 62 heavy (non-hydrogen) atoms. The van der Waals surface area contributed by atoms with Crippen molar-refractivity contribution in [3.05, 3.63) is 123 Å². The van der Waals surface area contributed by atoms with E-state index in [2.05, 4.69) is 199 Å². The smallest absolute Gasteiger partial charge is 0.264 e. The third kappa shape index (κ3) is 6.15. The lowest BCUT2D eigenvalue weighted by molar-refractivity contribution is 0.332. The Bertz CT molecular complexity index is 2870. The number of aryl methyl sites for hydroxylation is 2. The second-order valence-electron chi connectivity index (χ2n) is 24.6. The zero-order valence-electron chi connectivity index (χ0n) is 40.7. The van der Waals surface area contributed by atoms with Gasteiger partial charge in [-0.2, -0.15) is 0 Å². The number of thiophene rings is 1. The Labute approximate surface area is 378 Å². The maximum absolute atomic E-state index is 2.71. The zero-order chi connectivity index (χ0) is 44.4. The summed E-state index contributed by atoms with van der Waals surface area (Å²) in [6, 6.07) is 32.6. The van der Waals surface area contributed by atoms with Crippen molar-refractivity contribution in [1.29, 1.82) is 0 Å². The standard InChI is InChI=1S/C58H69BN2S/c1-34-27-47-50-48(28-34)61(45-21-17-36(29-35(45)2)53(3,4)5)51-39-30-37(54(6,7)8)18-22-49(39)62-52(51)59(50)44-32-42-43(58(15,16)26-25-57(42,13)14)33-46(44)60(47)38-19-20-40-41(31-38)56(11,12)24-23-55(40,9)10/h17-22,27-33H,23-26H2,1-16H3. The van der Waals surface area contributed by atoms with Crippen LogP contribution in [-0.4, -0.2) is 6.71 Å². The Kier molecular flexibility index (Phi) is 8.85. The molecule has 320 valence electrons. The van der Waals surface area contributed by atoms with Gasteiger partial charge in [0.05, 0.1) is 5.69 Å². The number of fused-ring (bicyclic) bond motifs is 8. The Hall–Kier alpha value is -4.28. The molecule has 0 saturated heterocycles. The van der Waals surface area contributed by atoms with Gasteiger partial charge in [0.2, 0.25) is 0 Å². The highest BCUT2D eigenvalue weighted by molar-refractivity contribution is 7.33. The summed E-state index contributed by atoms with van der Waals surface area (Å²) in [4.78, 5) is 5.40. The van der Waals surface area contributed by atoms with Crippen LogP contribution in [0.4, 0.5) is 34.1 Å². The normalized spacial score (nSPS) is 19.1.